The number of benzene rings is 1. The Bertz CT molecular complexity index is 1020. The quantitative estimate of drug-likeness (QED) is 0.524. The Labute approximate surface area is 178 Å². The maximum absolute atomic E-state index is 12.8. The summed E-state index contributed by atoms with van der Waals surface area (Å²) in [5.41, 5.74) is 6.39. The summed E-state index contributed by atoms with van der Waals surface area (Å²) in [5.74, 6) is 1.87. The molecule has 6 rings (SSSR count). The molecule has 6 nitrogen and oxygen atoms in total. The number of alkyl halides is 1. The van der Waals surface area contributed by atoms with Gasteiger partial charge in [-0.1, -0.05) is 28.1 Å². The lowest BCUT2D eigenvalue weighted by Crippen LogP contribution is -2.54. The van der Waals surface area contributed by atoms with Crippen molar-refractivity contribution in [1.82, 2.24) is 15.0 Å². The van der Waals surface area contributed by atoms with Gasteiger partial charge in [-0.3, -0.25) is 25.0 Å². The summed E-state index contributed by atoms with van der Waals surface area (Å²) in [6, 6.07) is 7.29. The van der Waals surface area contributed by atoms with Crippen LogP contribution in [-0.2, 0) is 11.3 Å². The second-order valence-corrected chi connectivity index (χ2v) is 11.1. The molecule has 0 saturated heterocycles. The van der Waals surface area contributed by atoms with E-state index in [0.29, 0.717) is 29.8 Å². The van der Waals surface area contributed by atoms with Gasteiger partial charge < -0.3 is 0 Å². The molecule has 7 heteroatoms. The zero-order valence-electron chi connectivity index (χ0n) is 16.7. The highest BCUT2D eigenvalue weighted by Gasteiger charge is 2.57. The number of hydrogen-bond acceptors (Lipinski definition) is 4. The second-order valence-electron chi connectivity index (χ2n) is 9.46. The third-order valence-electron chi connectivity index (χ3n) is 7.14. The fourth-order valence-electron chi connectivity index (χ4n) is 6.61. The molecule has 2 atom stereocenters. The van der Waals surface area contributed by atoms with Crippen LogP contribution in [0, 0.1) is 17.3 Å². The van der Waals surface area contributed by atoms with Crippen molar-refractivity contribution in [2.24, 2.45) is 17.3 Å². The summed E-state index contributed by atoms with van der Waals surface area (Å²) in [4.78, 5) is 30.1. The van der Waals surface area contributed by atoms with Gasteiger partial charge in [-0.15, -0.1) is 0 Å². The molecule has 2 aromatic rings. The Morgan fingerprint density at radius 1 is 1.24 bits per heavy atom. The molecular formula is C22H27BrN4O2. The van der Waals surface area contributed by atoms with E-state index < -0.39 is 0 Å². The average molecular weight is 459 g/mol. The molecule has 154 valence electrons. The molecule has 4 fully saturated rings. The summed E-state index contributed by atoms with van der Waals surface area (Å²) in [7, 11) is 0. The average Bonchev–Trinajstić information content (AvgIpc) is 2.64. The van der Waals surface area contributed by atoms with Crippen LogP contribution in [0.2, 0.25) is 0 Å². The molecule has 1 amide bonds. The SMILES string of the molecule is CCn1c(NNC(=O)CC23C[C@H]4C[C@@H](CC(Br)(C4)C2)C3)nc2ccccc2c1=O. The highest BCUT2D eigenvalue weighted by atomic mass is 79.9. The maximum Gasteiger partial charge on any atom is 0.262 e. The minimum Gasteiger partial charge on any atom is -0.277 e. The van der Waals surface area contributed by atoms with Crippen molar-refractivity contribution >= 4 is 38.7 Å². The molecule has 0 radical (unpaired) electrons. The lowest BCUT2D eigenvalue weighted by molar-refractivity contribution is -0.127. The normalized spacial score (nSPS) is 32.5. The zero-order valence-corrected chi connectivity index (χ0v) is 18.3. The number of rotatable bonds is 5. The second kappa shape index (κ2) is 6.83. The molecule has 0 unspecified atom stereocenters. The first-order chi connectivity index (χ1) is 13.9. The highest BCUT2D eigenvalue weighted by molar-refractivity contribution is 9.10. The number of hydrazine groups is 1. The summed E-state index contributed by atoms with van der Waals surface area (Å²) in [5, 5.41) is 0.586. The number of halogens is 1. The molecule has 4 saturated carbocycles. The molecule has 4 bridgehead atoms. The standard InChI is InChI=1S/C22H27BrN4O2/c1-2-27-19(29)16-5-3-4-6-17(16)24-20(27)26-25-18(28)12-21-8-14-7-15(9-21)11-22(23,10-14)13-21/h3-6,14-15H,2,7-13H2,1H3,(H,24,26)(H,25,28)/t14-,15-,21?,22?/m1/s1. The summed E-state index contributed by atoms with van der Waals surface area (Å²) in [6.07, 6.45) is 7.80. The van der Waals surface area contributed by atoms with E-state index in [9.17, 15) is 9.59 Å². The summed E-state index contributed by atoms with van der Waals surface area (Å²) < 4.78 is 1.80. The third kappa shape index (κ3) is 3.37. The van der Waals surface area contributed by atoms with E-state index in [1.807, 2.05) is 25.1 Å². The van der Waals surface area contributed by atoms with Gasteiger partial charge in [-0.2, -0.15) is 0 Å². The first-order valence-corrected chi connectivity index (χ1v) is 11.4. The number of carbonyl (C=O) groups excluding carboxylic acids is 1. The predicted molar refractivity (Wildman–Crippen MR) is 117 cm³/mol. The van der Waals surface area contributed by atoms with Gasteiger partial charge in [0.15, 0.2) is 0 Å². The van der Waals surface area contributed by atoms with E-state index in [1.54, 1.807) is 10.6 Å². The largest absolute Gasteiger partial charge is 0.277 e. The Balaban J connectivity index is 1.32. The van der Waals surface area contributed by atoms with Crippen molar-refractivity contribution in [3.05, 3.63) is 34.6 Å². The van der Waals surface area contributed by atoms with Gasteiger partial charge in [0.05, 0.1) is 10.9 Å². The van der Waals surface area contributed by atoms with Crippen LogP contribution >= 0.6 is 15.9 Å². The Morgan fingerprint density at radius 2 is 1.97 bits per heavy atom. The Morgan fingerprint density at radius 3 is 2.66 bits per heavy atom. The molecule has 1 heterocycles. The van der Waals surface area contributed by atoms with Crippen LogP contribution in [0.4, 0.5) is 5.95 Å². The first kappa shape index (κ1) is 19.1. The van der Waals surface area contributed by atoms with E-state index >= 15 is 0 Å². The number of fused-ring (bicyclic) bond motifs is 1. The van der Waals surface area contributed by atoms with Crippen molar-refractivity contribution in [1.29, 1.82) is 0 Å². The molecule has 0 spiro atoms. The molecule has 0 aliphatic heterocycles. The van der Waals surface area contributed by atoms with Gasteiger partial charge in [-0.25, -0.2) is 4.98 Å². The Kier molecular flexibility index (Phi) is 4.49. The van der Waals surface area contributed by atoms with Gasteiger partial charge >= 0.3 is 0 Å². The number of hydrogen-bond donors (Lipinski definition) is 2. The molecule has 4 aliphatic rings. The number of aromatic nitrogens is 2. The summed E-state index contributed by atoms with van der Waals surface area (Å²) in [6.45, 7) is 2.38. The van der Waals surface area contributed by atoms with Gasteiger partial charge in [0.2, 0.25) is 11.9 Å². The van der Waals surface area contributed by atoms with Gasteiger partial charge in [-0.05, 0) is 74.8 Å². The monoisotopic (exact) mass is 458 g/mol. The van der Waals surface area contributed by atoms with Crippen LogP contribution in [0.3, 0.4) is 0 Å². The fraction of sp³-hybridized carbons (Fsp3) is 0.591. The van der Waals surface area contributed by atoms with Gasteiger partial charge in [0, 0.05) is 17.3 Å². The van der Waals surface area contributed by atoms with E-state index in [4.69, 9.17) is 0 Å². The van der Waals surface area contributed by atoms with E-state index in [0.717, 1.165) is 31.1 Å². The molecule has 2 N–H and O–H groups in total. The van der Waals surface area contributed by atoms with Crippen molar-refractivity contribution in [2.45, 2.75) is 62.7 Å². The van der Waals surface area contributed by atoms with E-state index in [2.05, 4.69) is 31.8 Å². The highest BCUT2D eigenvalue weighted by Crippen LogP contribution is 2.65. The number of nitrogens with zero attached hydrogens (tertiary/aromatic N) is 2. The number of amides is 1. The van der Waals surface area contributed by atoms with Crippen LogP contribution in [0.1, 0.15) is 51.9 Å². The van der Waals surface area contributed by atoms with Crippen LogP contribution < -0.4 is 16.4 Å². The first-order valence-electron chi connectivity index (χ1n) is 10.6. The molecule has 1 aromatic heterocycles. The van der Waals surface area contributed by atoms with Crippen molar-refractivity contribution in [3.8, 4) is 0 Å². The van der Waals surface area contributed by atoms with Crippen molar-refractivity contribution < 1.29 is 4.79 Å². The maximum atomic E-state index is 12.8. The lowest BCUT2D eigenvalue weighted by atomic mass is 9.48. The Hall–Kier alpha value is -1.89. The predicted octanol–water partition coefficient (Wildman–Crippen LogP) is 3.98. The topological polar surface area (TPSA) is 76.0 Å². The van der Waals surface area contributed by atoms with Crippen molar-refractivity contribution in [2.75, 3.05) is 5.43 Å². The van der Waals surface area contributed by atoms with Crippen LogP contribution in [0.5, 0.6) is 0 Å². The van der Waals surface area contributed by atoms with Crippen LogP contribution in [0.15, 0.2) is 29.1 Å². The van der Waals surface area contributed by atoms with Gasteiger partial charge in [0.1, 0.15) is 0 Å². The molecule has 29 heavy (non-hydrogen) atoms. The minimum atomic E-state index is -0.0998. The number of carbonyl (C=O) groups is 1. The third-order valence-corrected chi connectivity index (χ3v) is 8.07. The van der Waals surface area contributed by atoms with E-state index in [1.165, 1.54) is 19.3 Å². The number of anilines is 1. The van der Waals surface area contributed by atoms with Crippen LogP contribution in [-0.4, -0.2) is 19.8 Å². The molecule has 4 aliphatic carbocycles. The molecule has 1 aromatic carbocycles. The number of para-hydroxylation sites is 1. The molecular weight excluding hydrogens is 432 g/mol. The smallest absolute Gasteiger partial charge is 0.262 e. The fourth-order valence-corrected chi connectivity index (χ4v) is 8.12. The van der Waals surface area contributed by atoms with Crippen LogP contribution in [0.25, 0.3) is 10.9 Å². The van der Waals surface area contributed by atoms with E-state index in [-0.39, 0.29) is 21.2 Å². The number of nitrogens with one attached hydrogen (secondary N) is 2. The van der Waals surface area contributed by atoms with Crippen molar-refractivity contribution in [3.63, 3.8) is 0 Å². The minimum absolute atomic E-state index is 0.0203. The zero-order chi connectivity index (χ0) is 20.2. The van der Waals surface area contributed by atoms with Gasteiger partial charge in [0.25, 0.3) is 5.56 Å². The summed E-state index contributed by atoms with van der Waals surface area (Å²) >= 11 is 4.01. The lowest BCUT2D eigenvalue weighted by Gasteiger charge is -2.60.